The van der Waals surface area contributed by atoms with Crippen LogP contribution in [0.2, 0.25) is 0 Å². The van der Waals surface area contributed by atoms with Gasteiger partial charge in [-0.2, -0.15) is 0 Å². The van der Waals surface area contributed by atoms with E-state index in [1.54, 1.807) is 17.6 Å². The molecule has 0 aliphatic rings. The summed E-state index contributed by atoms with van der Waals surface area (Å²) in [6, 6.07) is 8.29. The third-order valence-electron chi connectivity index (χ3n) is 3.77. The van der Waals surface area contributed by atoms with Gasteiger partial charge in [-0.15, -0.1) is 46.7 Å². The Morgan fingerprint density at radius 1 is 1.22 bits per heavy atom. The van der Waals surface area contributed by atoms with Gasteiger partial charge in [0.15, 0.2) is 5.96 Å². The molecule has 0 aliphatic carbocycles. The zero-order valence-corrected chi connectivity index (χ0v) is 19.4. The molecule has 27 heavy (non-hydrogen) atoms. The second kappa shape index (κ2) is 11.5. The fourth-order valence-electron chi connectivity index (χ4n) is 2.51. The molecule has 5 nitrogen and oxygen atoms in total. The Morgan fingerprint density at radius 2 is 2.04 bits per heavy atom. The van der Waals surface area contributed by atoms with Crippen molar-refractivity contribution in [3.05, 3.63) is 51.9 Å². The van der Waals surface area contributed by atoms with Crippen LogP contribution in [0.4, 0.5) is 0 Å². The van der Waals surface area contributed by atoms with Crippen molar-refractivity contribution < 1.29 is 4.42 Å². The molecule has 0 amide bonds. The predicted octanol–water partition coefficient (Wildman–Crippen LogP) is 5.02. The summed E-state index contributed by atoms with van der Waals surface area (Å²) in [5.74, 6) is 2.01. The second-order valence-corrected chi connectivity index (χ2v) is 8.07. The van der Waals surface area contributed by atoms with Gasteiger partial charge in [0.2, 0.25) is 5.89 Å². The standard InChI is InChI=1S/C19H24N4OS2.HI/c1-3-20-19(21-11-14(2)10-16-6-4-8-25-16)22-12-15-13-24-18(23-15)17-7-5-9-26-17;/h4-9,13-14H,3,10-12H2,1-2H3,(H2,20,21,22);1H. The summed E-state index contributed by atoms with van der Waals surface area (Å²) in [6.45, 7) is 6.51. The summed E-state index contributed by atoms with van der Waals surface area (Å²) in [4.78, 5) is 11.6. The molecule has 3 aromatic rings. The number of thiophene rings is 2. The number of hydrogen-bond acceptors (Lipinski definition) is 5. The maximum Gasteiger partial charge on any atom is 0.236 e. The van der Waals surface area contributed by atoms with Crippen LogP contribution in [-0.4, -0.2) is 24.0 Å². The summed E-state index contributed by atoms with van der Waals surface area (Å²) in [5.41, 5.74) is 0.831. The molecule has 0 saturated carbocycles. The molecule has 1 unspecified atom stereocenters. The lowest BCUT2D eigenvalue weighted by Gasteiger charge is -2.15. The van der Waals surface area contributed by atoms with Crippen LogP contribution in [0, 0.1) is 5.92 Å². The van der Waals surface area contributed by atoms with Crippen molar-refractivity contribution in [1.29, 1.82) is 0 Å². The topological polar surface area (TPSA) is 62.5 Å². The summed E-state index contributed by atoms with van der Waals surface area (Å²) < 4.78 is 5.55. The van der Waals surface area contributed by atoms with Crippen molar-refractivity contribution in [2.75, 3.05) is 13.1 Å². The maximum absolute atomic E-state index is 5.55. The van der Waals surface area contributed by atoms with Gasteiger partial charge in [-0.05, 0) is 42.2 Å². The minimum Gasteiger partial charge on any atom is -0.443 e. The molecular weight excluding hydrogens is 491 g/mol. The highest BCUT2D eigenvalue weighted by molar-refractivity contribution is 14.0. The Bertz CT molecular complexity index is 800. The highest BCUT2D eigenvalue weighted by atomic mass is 127. The number of oxazole rings is 1. The molecule has 1 atom stereocenters. The molecule has 3 rings (SSSR count). The fourth-order valence-corrected chi connectivity index (χ4v) is 4.04. The zero-order chi connectivity index (χ0) is 18.2. The van der Waals surface area contributed by atoms with E-state index in [2.05, 4.69) is 52.0 Å². The van der Waals surface area contributed by atoms with Gasteiger partial charge in [-0.1, -0.05) is 19.1 Å². The van der Waals surface area contributed by atoms with E-state index in [4.69, 9.17) is 4.42 Å². The Hall–Kier alpha value is -1.39. The van der Waals surface area contributed by atoms with E-state index >= 15 is 0 Å². The van der Waals surface area contributed by atoms with Gasteiger partial charge in [0.25, 0.3) is 0 Å². The third-order valence-corrected chi connectivity index (χ3v) is 5.53. The molecule has 3 aromatic heterocycles. The molecule has 0 aromatic carbocycles. The number of hydrogen-bond donors (Lipinski definition) is 2. The van der Waals surface area contributed by atoms with Crippen LogP contribution in [0.5, 0.6) is 0 Å². The molecule has 8 heteroatoms. The maximum atomic E-state index is 5.55. The minimum atomic E-state index is 0. The monoisotopic (exact) mass is 516 g/mol. The molecule has 0 aliphatic heterocycles. The summed E-state index contributed by atoms with van der Waals surface area (Å²) in [7, 11) is 0. The van der Waals surface area contributed by atoms with Gasteiger partial charge in [-0.25, -0.2) is 9.98 Å². The first-order valence-electron chi connectivity index (χ1n) is 8.77. The molecule has 0 fully saturated rings. The lowest BCUT2D eigenvalue weighted by Crippen LogP contribution is -2.39. The van der Waals surface area contributed by atoms with Crippen LogP contribution in [0.25, 0.3) is 10.8 Å². The molecule has 0 bridgehead atoms. The number of halogens is 1. The Morgan fingerprint density at radius 3 is 2.74 bits per heavy atom. The SMILES string of the molecule is CCNC(=NCc1coc(-c2cccs2)n1)NCC(C)Cc1cccs1.I. The number of aliphatic imine (C=N–C) groups is 1. The van der Waals surface area contributed by atoms with E-state index in [1.807, 2.05) is 28.8 Å². The second-order valence-electron chi connectivity index (χ2n) is 6.09. The number of rotatable bonds is 8. The molecular formula is C19H25IN4OS2. The first-order valence-corrected chi connectivity index (χ1v) is 10.5. The first kappa shape index (κ1) is 21.9. The Kier molecular flexibility index (Phi) is 9.29. The van der Waals surface area contributed by atoms with E-state index in [0.29, 0.717) is 18.4 Å². The number of nitrogens with one attached hydrogen (secondary N) is 2. The Labute approximate surface area is 185 Å². The largest absolute Gasteiger partial charge is 0.443 e. The summed E-state index contributed by atoms with van der Waals surface area (Å²) in [6.07, 6.45) is 2.76. The van der Waals surface area contributed by atoms with Crippen LogP contribution in [-0.2, 0) is 13.0 Å². The third kappa shape index (κ3) is 6.93. The van der Waals surface area contributed by atoms with Crippen molar-refractivity contribution in [2.24, 2.45) is 10.9 Å². The average Bonchev–Trinajstić information content (AvgIpc) is 3.39. The van der Waals surface area contributed by atoms with Crippen molar-refractivity contribution in [3.8, 4) is 10.8 Å². The molecule has 3 heterocycles. The highest BCUT2D eigenvalue weighted by Crippen LogP contribution is 2.23. The fraction of sp³-hybridized carbons (Fsp3) is 0.368. The van der Waals surface area contributed by atoms with Crippen molar-refractivity contribution in [2.45, 2.75) is 26.8 Å². The summed E-state index contributed by atoms with van der Waals surface area (Å²) in [5, 5.41) is 10.9. The molecule has 0 saturated heterocycles. The first-order chi connectivity index (χ1) is 12.7. The van der Waals surface area contributed by atoms with Gasteiger partial charge < -0.3 is 15.1 Å². The highest BCUT2D eigenvalue weighted by Gasteiger charge is 2.09. The molecule has 146 valence electrons. The quantitative estimate of drug-likeness (QED) is 0.251. The lowest BCUT2D eigenvalue weighted by atomic mass is 10.1. The van der Waals surface area contributed by atoms with Crippen LogP contribution in [0.1, 0.15) is 24.4 Å². The van der Waals surface area contributed by atoms with Gasteiger partial charge in [0.05, 0.1) is 11.4 Å². The molecule has 0 radical (unpaired) electrons. The van der Waals surface area contributed by atoms with Crippen molar-refractivity contribution >= 4 is 52.6 Å². The summed E-state index contributed by atoms with van der Waals surface area (Å²) >= 11 is 3.43. The van der Waals surface area contributed by atoms with E-state index in [9.17, 15) is 0 Å². The van der Waals surface area contributed by atoms with E-state index in [-0.39, 0.29) is 24.0 Å². The van der Waals surface area contributed by atoms with Crippen LogP contribution in [0.15, 0.2) is 50.7 Å². The van der Waals surface area contributed by atoms with Gasteiger partial charge in [-0.3, -0.25) is 0 Å². The predicted molar refractivity (Wildman–Crippen MR) is 125 cm³/mol. The number of guanidine groups is 1. The normalized spacial score (nSPS) is 12.4. The van der Waals surface area contributed by atoms with Crippen molar-refractivity contribution in [1.82, 2.24) is 15.6 Å². The van der Waals surface area contributed by atoms with E-state index < -0.39 is 0 Å². The molecule has 0 spiro atoms. The van der Waals surface area contributed by atoms with Gasteiger partial charge >= 0.3 is 0 Å². The van der Waals surface area contributed by atoms with Gasteiger partial charge in [0.1, 0.15) is 12.0 Å². The van der Waals surface area contributed by atoms with E-state index in [0.717, 1.165) is 36.0 Å². The smallest absolute Gasteiger partial charge is 0.236 e. The van der Waals surface area contributed by atoms with E-state index in [1.165, 1.54) is 4.88 Å². The van der Waals surface area contributed by atoms with Gasteiger partial charge in [0, 0.05) is 18.0 Å². The van der Waals surface area contributed by atoms with Crippen LogP contribution in [0.3, 0.4) is 0 Å². The Balaban J connectivity index is 0.00000261. The number of aromatic nitrogens is 1. The number of nitrogens with zero attached hydrogens (tertiary/aromatic N) is 2. The van der Waals surface area contributed by atoms with Crippen LogP contribution < -0.4 is 10.6 Å². The lowest BCUT2D eigenvalue weighted by molar-refractivity contribution is 0.561. The van der Waals surface area contributed by atoms with Crippen LogP contribution >= 0.6 is 46.7 Å². The van der Waals surface area contributed by atoms with Crippen molar-refractivity contribution in [3.63, 3.8) is 0 Å². The average molecular weight is 516 g/mol. The minimum absolute atomic E-state index is 0. The molecule has 2 N–H and O–H groups in total. The zero-order valence-electron chi connectivity index (χ0n) is 15.5.